The monoisotopic (exact) mass is 296 g/mol. The molecule has 3 atom stereocenters. The number of nitrogens with one attached hydrogen (secondary N) is 1. The number of ether oxygens (including phenoxy) is 1. The summed E-state index contributed by atoms with van der Waals surface area (Å²) in [6.45, 7) is 10.1. The molecule has 1 fully saturated rings. The quantitative estimate of drug-likeness (QED) is 0.830. The van der Waals surface area contributed by atoms with Gasteiger partial charge in [-0.1, -0.05) is 19.0 Å². The van der Waals surface area contributed by atoms with Crippen molar-refractivity contribution in [1.82, 2.24) is 20.4 Å². The molecule has 0 aliphatic carbocycles. The van der Waals surface area contributed by atoms with Crippen LogP contribution < -0.4 is 5.32 Å². The Bertz CT molecular complexity index is 422. The zero-order valence-electron chi connectivity index (χ0n) is 13.6. The first-order valence-corrected chi connectivity index (χ1v) is 8.04. The van der Waals surface area contributed by atoms with Gasteiger partial charge in [0.1, 0.15) is 6.10 Å². The van der Waals surface area contributed by atoms with Gasteiger partial charge in [0.25, 0.3) is 0 Å². The number of hydrogen-bond acceptors (Lipinski definition) is 6. The molecule has 1 aliphatic heterocycles. The Kier molecular flexibility index (Phi) is 6.14. The zero-order chi connectivity index (χ0) is 15.2. The summed E-state index contributed by atoms with van der Waals surface area (Å²) < 4.78 is 11.3. The van der Waals surface area contributed by atoms with Crippen LogP contribution in [0.2, 0.25) is 0 Å². The van der Waals surface area contributed by atoms with E-state index in [9.17, 15) is 0 Å². The van der Waals surface area contributed by atoms with Gasteiger partial charge in [0.15, 0.2) is 0 Å². The molecule has 1 saturated heterocycles. The average molecular weight is 296 g/mol. The lowest BCUT2D eigenvalue weighted by atomic mass is 9.98. The molecular weight excluding hydrogens is 268 g/mol. The van der Waals surface area contributed by atoms with E-state index < -0.39 is 0 Å². The van der Waals surface area contributed by atoms with E-state index in [1.54, 1.807) is 0 Å². The van der Waals surface area contributed by atoms with Crippen molar-refractivity contribution >= 4 is 0 Å². The van der Waals surface area contributed by atoms with Crippen molar-refractivity contribution in [3.05, 3.63) is 11.7 Å². The molecule has 0 aromatic carbocycles. The van der Waals surface area contributed by atoms with Crippen LogP contribution in [0.15, 0.2) is 4.52 Å². The van der Waals surface area contributed by atoms with Crippen LogP contribution in [0.25, 0.3) is 0 Å². The van der Waals surface area contributed by atoms with Crippen molar-refractivity contribution < 1.29 is 9.26 Å². The van der Waals surface area contributed by atoms with E-state index in [0.717, 1.165) is 39.1 Å². The van der Waals surface area contributed by atoms with Crippen LogP contribution in [-0.4, -0.2) is 54.4 Å². The van der Waals surface area contributed by atoms with Crippen molar-refractivity contribution in [2.45, 2.75) is 51.7 Å². The predicted octanol–water partition coefficient (Wildman–Crippen LogP) is 1.95. The maximum atomic E-state index is 5.81. The lowest BCUT2D eigenvalue weighted by Gasteiger charge is -2.30. The highest BCUT2D eigenvalue weighted by atomic mass is 16.5. The maximum Gasteiger partial charge on any atom is 0.231 e. The lowest BCUT2D eigenvalue weighted by Crippen LogP contribution is -2.39. The van der Waals surface area contributed by atoms with E-state index in [4.69, 9.17) is 9.26 Å². The third-order valence-corrected chi connectivity index (χ3v) is 4.25. The second kappa shape index (κ2) is 7.87. The first kappa shape index (κ1) is 16.4. The molecule has 1 aromatic heterocycles. The van der Waals surface area contributed by atoms with E-state index in [1.807, 2.05) is 7.05 Å². The van der Waals surface area contributed by atoms with Gasteiger partial charge >= 0.3 is 0 Å². The number of morpholine rings is 1. The van der Waals surface area contributed by atoms with E-state index in [0.29, 0.717) is 17.8 Å². The van der Waals surface area contributed by atoms with Gasteiger partial charge in [0.2, 0.25) is 11.7 Å². The summed E-state index contributed by atoms with van der Waals surface area (Å²) in [5, 5.41) is 7.41. The molecule has 1 aromatic rings. The van der Waals surface area contributed by atoms with E-state index in [2.05, 4.69) is 41.1 Å². The number of aromatic nitrogens is 2. The maximum absolute atomic E-state index is 5.81. The Morgan fingerprint density at radius 3 is 2.90 bits per heavy atom. The van der Waals surface area contributed by atoms with Crippen LogP contribution in [0, 0.1) is 0 Å². The van der Waals surface area contributed by atoms with Gasteiger partial charge in [-0.25, -0.2) is 0 Å². The molecule has 0 bridgehead atoms. The summed E-state index contributed by atoms with van der Waals surface area (Å²) >= 11 is 0. The van der Waals surface area contributed by atoms with Crippen LogP contribution in [0.3, 0.4) is 0 Å². The minimum atomic E-state index is -0.0646. The van der Waals surface area contributed by atoms with Crippen LogP contribution in [-0.2, 0) is 4.74 Å². The summed E-state index contributed by atoms with van der Waals surface area (Å²) in [6.07, 6.45) is 2.06. The Balaban J connectivity index is 2.04. The van der Waals surface area contributed by atoms with Crippen LogP contribution in [0.5, 0.6) is 0 Å². The van der Waals surface area contributed by atoms with Crippen LogP contribution in [0.1, 0.15) is 57.3 Å². The molecule has 1 N–H and O–H groups in total. The molecular formula is C15H28N4O2. The van der Waals surface area contributed by atoms with Crippen molar-refractivity contribution in [2.24, 2.45) is 0 Å². The fraction of sp³-hybridized carbons (Fsp3) is 0.867. The molecule has 0 amide bonds. The van der Waals surface area contributed by atoms with E-state index in [1.165, 1.54) is 0 Å². The number of rotatable bonds is 7. The second-order valence-corrected chi connectivity index (χ2v) is 5.74. The summed E-state index contributed by atoms with van der Waals surface area (Å²) in [5.74, 6) is 1.64. The second-order valence-electron chi connectivity index (χ2n) is 5.74. The highest BCUT2D eigenvalue weighted by Gasteiger charge is 2.28. The third-order valence-electron chi connectivity index (χ3n) is 4.25. The molecule has 0 radical (unpaired) electrons. The van der Waals surface area contributed by atoms with Gasteiger partial charge < -0.3 is 14.6 Å². The zero-order valence-corrected chi connectivity index (χ0v) is 13.6. The van der Waals surface area contributed by atoms with E-state index in [-0.39, 0.29) is 12.0 Å². The minimum absolute atomic E-state index is 0.0646. The molecule has 6 heteroatoms. The Hall–Kier alpha value is -0.980. The van der Waals surface area contributed by atoms with Crippen LogP contribution >= 0.6 is 0 Å². The Labute approximate surface area is 127 Å². The summed E-state index contributed by atoms with van der Waals surface area (Å²) in [7, 11) is 1.96. The molecule has 6 nitrogen and oxygen atoms in total. The highest BCUT2D eigenvalue weighted by Crippen LogP contribution is 2.25. The van der Waals surface area contributed by atoms with Crippen molar-refractivity contribution in [3.63, 3.8) is 0 Å². The number of nitrogens with zero attached hydrogens (tertiary/aromatic N) is 3. The average Bonchev–Trinajstić information content (AvgIpc) is 2.98. The smallest absolute Gasteiger partial charge is 0.231 e. The van der Waals surface area contributed by atoms with Crippen LogP contribution in [0.4, 0.5) is 0 Å². The fourth-order valence-corrected chi connectivity index (χ4v) is 2.85. The van der Waals surface area contributed by atoms with Gasteiger partial charge in [-0.05, 0) is 33.4 Å². The molecule has 21 heavy (non-hydrogen) atoms. The molecule has 2 rings (SSSR count). The van der Waals surface area contributed by atoms with Crippen molar-refractivity contribution in [2.75, 3.05) is 33.3 Å². The number of hydrogen-bond donors (Lipinski definition) is 1. The SMILES string of the molecule is CCCN1CCOC(c2noc(C(CC)C(C)NC)n2)C1. The van der Waals surface area contributed by atoms with Crippen molar-refractivity contribution in [1.29, 1.82) is 0 Å². The summed E-state index contributed by atoms with van der Waals surface area (Å²) in [4.78, 5) is 7.00. The summed E-state index contributed by atoms with van der Waals surface area (Å²) in [5.41, 5.74) is 0. The predicted molar refractivity (Wildman–Crippen MR) is 81.3 cm³/mol. The Morgan fingerprint density at radius 1 is 1.43 bits per heavy atom. The normalized spacial score (nSPS) is 23.1. The van der Waals surface area contributed by atoms with Gasteiger partial charge in [0, 0.05) is 19.1 Å². The lowest BCUT2D eigenvalue weighted by molar-refractivity contribution is -0.0350. The third kappa shape index (κ3) is 4.02. The van der Waals surface area contributed by atoms with Gasteiger partial charge in [-0.15, -0.1) is 0 Å². The van der Waals surface area contributed by atoms with Gasteiger partial charge in [-0.2, -0.15) is 4.98 Å². The first-order chi connectivity index (χ1) is 10.2. The molecule has 3 unspecified atom stereocenters. The number of likely N-dealkylation sites (N-methyl/N-ethyl adjacent to an activating group) is 1. The van der Waals surface area contributed by atoms with Gasteiger partial charge in [-0.3, -0.25) is 4.90 Å². The first-order valence-electron chi connectivity index (χ1n) is 8.04. The minimum Gasteiger partial charge on any atom is -0.367 e. The molecule has 0 saturated carbocycles. The standard InChI is InChI=1S/C15H28N4O2/c1-5-7-19-8-9-20-13(10-19)14-17-15(21-18-14)12(6-2)11(3)16-4/h11-13,16H,5-10H2,1-4H3. The molecule has 1 aliphatic rings. The summed E-state index contributed by atoms with van der Waals surface area (Å²) in [6, 6.07) is 0.312. The topological polar surface area (TPSA) is 63.4 Å². The Morgan fingerprint density at radius 2 is 2.24 bits per heavy atom. The van der Waals surface area contributed by atoms with Crippen molar-refractivity contribution in [3.8, 4) is 0 Å². The van der Waals surface area contributed by atoms with Gasteiger partial charge in [0.05, 0.1) is 12.5 Å². The highest BCUT2D eigenvalue weighted by molar-refractivity contribution is 5.01. The largest absolute Gasteiger partial charge is 0.367 e. The van der Waals surface area contributed by atoms with E-state index >= 15 is 0 Å². The fourth-order valence-electron chi connectivity index (χ4n) is 2.85. The molecule has 2 heterocycles. The molecule has 120 valence electrons. The molecule has 0 spiro atoms.